The maximum atomic E-state index is 12.2. The number of rotatable bonds is 5. The van der Waals surface area contributed by atoms with E-state index in [2.05, 4.69) is 20.8 Å². The van der Waals surface area contributed by atoms with E-state index < -0.39 is 0 Å². The van der Waals surface area contributed by atoms with Gasteiger partial charge in [0, 0.05) is 5.56 Å². The average Bonchev–Trinajstić information content (AvgIpc) is 2.64. The minimum atomic E-state index is -0.219. The second kappa shape index (κ2) is 7.44. The van der Waals surface area contributed by atoms with Gasteiger partial charge in [0.1, 0.15) is 5.75 Å². The Morgan fingerprint density at radius 2 is 1.72 bits per heavy atom. The van der Waals surface area contributed by atoms with Gasteiger partial charge >= 0.3 is 0 Å². The number of hydrogen-bond acceptors (Lipinski definition) is 5. The highest BCUT2D eigenvalue weighted by Gasteiger charge is 2.08. The Bertz CT molecular complexity index is 879. The SMILES string of the molecule is COc1ccccc1Nc1ccc(NC(=O)c2cccc(C)c2)nn1. The molecule has 126 valence electrons. The Labute approximate surface area is 145 Å². The molecule has 1 heterocycles. The fraction of sp³-hybridized carbons (Fsp3) is 0.105. The third kappa shape index (κ3) is 4.11. The van der Waals surface area contributed by atoms with E-state index in [4.69, 9.17) is 4.74 Å². The summed E-state index contributed by atoms with van der Waals surface area (Å²) in [6.45, 7) is 1.94. The molecule has 6 heteroatoms. The quantitative estimate of drug-likeness (QED) is 0.742. The number of methoxy groups -OCH3 is 1. The largest absolute Gasteiger partial charge is 0.495 e. The van der Waals surface area contributed by atoms with Crippen LogP contribution in [0.15, 0.2) is 60.7 Å². The number of hydrogen-bond donors (Lipinski definition) is 2. The fourth-order valence-electron chi connectivity index (χ4n) is 2.33. The average molecular weight is 334 g/mol. The van der Waals surface area contributed by atoms with E-state index in [1.54, 1.807) is 25.3 Å². The van der Waals surface area contributed by atoms with Crippen molar-refractivity contribution < 1.29 is 9.53 Å². The second-order valence-electron chi connectivity index (χ2n) is 5.45. The van der Waals surface area contributed by atoms with Crippen molar-refractivity contribution in [2.24, 2.45) is 0 Å². The molecule has 0 unspecified atom stereocenters. The van der Waals surface area contributed by atoms with Gasteiger partial charge in [-0.05, 0) is 43.3 Å². The van der Waals surface area contributed by atoms with Gasteiger partial charge in [-0.1, -0.05) is 29.8 Å². The third-order valence-corrected chi connectivity index (χ3v) is 3.56. The molecular weight excluding hydrogens is 316 g/mol. The first-order chi connectivity index (χ1) is 12.2. The van der Waals surface area contributed by atoms with Crippen LogP contribution in [0, 0.1) is 6.92 Å². The van der Waals surface area contributed by atoms with Crippen molar-refractivity contribution in [1.82, 2.24) is 10.2 Å². The molecular formula is C19H18N4O2. The van der Waals surface area contributed by atoms with E-state index in [9.17, 15) is 4.79 Å². The zero-order chi connectivity index (χ0) is 17.6. The zero-order valence-corrected chi connectivity index (χ0v) is 14.0. The van der Waals surface area contributed by atoms with Crippen LogP contribution in [0.5, 0.6) is 5.75 Å². The first-order valence-corrected chi connectivity index (χ1v) is 7.77. The molecule has 2 N–H and O–H groups in total. The normalized spacial score (nSPS) is 10.2. The van der Waals surface area contributed by atoms with E-state index >= 15 is 0 Å². The molecule has 0 radical (unpaired) electrons. The number of carbonyl (C=O) groups excluding carboxylic acids is 1. The van der Waals surface area contributed by atoms with Crippen molar-refractivity contribution in [1.29, 1.82) is 0 Å². The van der Waals surface area contributed by atoms with Crippen molar-refractivity contribution in [2.45, 2.75) is 6.92 Å². The monoisotopic (exact) mass is 334 g/mol. The molecule has 0 aliphatic rings. The smallest absolute Gasteiger partial charge is 0.256 e. The number of aryl methyl sites for hydroxylation is 1. The predicted octanol–water partition coefficient (Wildman–Crippen LogP) is 3.79. The van der Waals surface area contributed by atoms with Crippen LogP contribution >= 0.6 is 0 Å². The fourth-order valence-corrected chi connectivity index (χ4v) is 2.33. The lowest BCUT2D eigenvalue weighted by molar-refractivity contribution is 0.102. The minimum absolute atomic E-state index is 0.219. The van der Waals surface area contributed by atoms with Crippen LogP contribution in [0.3, 0.4) is 0 Å². The Hall–Kier alpha value is -3.41. The summed E-state index contributed by atoms with van der Waals surface area (Å²) >= 11 is 0. The lowest BCUT2D eigenvalue weighted by Crippen LogP contribution is -2.13. The van der Waals surface area contributed by atoms with E-state index in [1.807, 2.05) is 49.4 Å². The number of carbonyl (C=O) groups is 1. The van der Waals surface area contributed by atoms with E-state index in [0.29, 0.717) is 22.9 Å². The number of ether oxygens (including phenoxy) is 1. The van der Waals surface area contributed by atoms with Crippen molar-refractivity contribution in [3.63, 3.8) is 0 Å². The van der Waals surface area contributed by atoms with Crippen LogP contribution in [0.2, 0.25) is 0 Å². The van der Waals surface area contributed by atoms with Gasteiger partial charge in [-0.3, -0.25) is 4.79 Å². The van der Waals surface area contributed by atoms with E-state index in [-0.39, 0.29) is 5.91 Å². The summed E-state index contributed by atoms with van der Waals surface area (Å²) in [7, 11) is 1.61. The van der Waals surface area contributed by atoms with Gasteiger partial charge in [-0.15, -0.1) is 10.2 Å². The van der Waals surface area contributed by atoms with Crippen LogP contribution in [0.25, 0.3) is 0 Å². The molecule has 0 fully saturated rings. The van der Waals surface area contributed by atoms with E-state index in [1.165, 1.54) is 0 Å². The maximum Gasteiger partial charge on any atom is 0.256 e. The van der Waals surface area contributed by atoms with Gasteiger partial charge in [-0.25, -0.2) is 0 Å². The lowest BCUT2D eigenvalue weighted by Gasteiger charge is -2.10. The van der Waals surface area contributed by atoms with Crippen LogP contribution < -0.4 is 15.4 Å². The van der Waals surface area contributed by atoms with Crippen molar-refractivity contribution in [3.05, 3.63) is 71.8 Å². The van der Waals surface area contributed by atoms with Gasteiger partial charge < -0.3 is 15.4 Å². The third-order valence-electron chi connectivity index (χ3n) is 3.56. The number of para-hydroxylation sites is 2. The van der Waals surface area contributed by atoms with Gasteiger partial charge in [0.2, 0.25) is 0 Å². The highest BCUT2D eigenvalue weighted by atomic mass is 16.5. The highest BCUT2D eigenvalue weighted by Crippen LogP contribution is 2.26. The summed E-state index contributed by atoms with van der Waals surface area (Å²) in [6, 6.07) is 18.3. The molecule has 3 rings (SSSR count). The summed E-state index contributed by atoms with van der Waals surface area (Å²) in [6.07, 6.45) is 0. The Kier molecular flexibility index (Phi) is 4.89. The second-order valence-corrected chi connectivity index (χ2v) is 5.45. The Morgan fingerprint density at radius 3 is 2.44 bits per heavy atom. The highest BCUT2D eigenvalue weighted by molar-refractivity contribution is 6.03. The standard InChI is InChI=1S/C19H18N4O2/c1-13-6-5-7-14(12-13)19(24)21-18-11-10-17(22-23-18)20-15-8-3-4-9-16(15)25-2/h3-12H,1-2H3,(H,20,22)(H,21,23,24). The molecule has 1 aromatic heterocycles. The molecule has 0 bridgehead atoms. The first-order valence-electron chi connectivity index (χ1n) is 7.77. The Balaban J connectivity index is 1.69. The molecule has 0 aliphatic carbocycles. The molecule has 0 aliphatic heterocycles. The summed E-state index contributed by atoms with van der Waals surface area (Å²) in [5.41, 5.74) is 2.39. The van der Waals surface area contributed by atoms with Crippen LogP contribution in [0.4, 0.5) is 17.3 Å². The summed E-state index contributed by atoms with van der Waals surface area (Å²) in [5, 5.41) is 14.0. The van der Waals surface area contributed by atoms with Crippen molar-refractivity contribution in [2.75, 3.05) is 17.7 Å². The molecule has 6 nitrogen and oxygen atoms in total. The summed E-state index contributed by atoms with van der Waals surface area (Å²) < 4.78 is 5.28. The lowest BCUT2D eigenvalue weighted by atomic mass is 10.1. The Morgan fingerprint density at radius 1 is 0.960 bits per heavy atom. The maximum absolute atomic E-state index is 12.2. The molecule has 0 saturated heterocycles. The molecule has 3 aromatic rings. The van der Waals surface area contributed by atoms with E-state index in [0.717, 1.165) is 11.3 Å². The van der Waals surface area contributed by atoms with Crippen LogP contribution in [-0.4, -0.2) is 23.2 Å². The zero-order valence-electron chi connectivity index (χ0n) is 14.0. The minimum Gasteiger partial charge on any atom is -0.495 e. The van der Waals surface area contributed by atoms with Gasteiger partial charge in [0.15, 0.2) is 11.6 Å². The summed E-state index contributed by atoms with van der Waals surface area (Å²) in [4.78, 5) is 12.2. The molecule has 1 amide bonds. The molecule has 25 heavy (non-hydrogen) atoms. The number of nitrogens with zero attached hydrogens (tertiary/aromatic N) is 2. The number of benzene rings is 2. The first kappa shape index (κ1) is 16.4. The van der Waals surface area contributed by atoms with Crippen LogP contribution in [0.1, 0.15) is 15.9 Å². The van der Waals surface area contributed by atoms with Gasteiger partial charge in [0.25, 0.3) is 5.91 Å². The molecule has 0 saturated carbocycles. The number of anilines is 3. The predicted molar refractivity (Wildman–Crippen MR) is 97.4 cm³/mol. The van der Waals surface area contributed by atoms with Crippen molar-refractivity contribution in [3.8, 4) is 5.75 Å². The van der Waals surface area contributed by atoms with Gasteiger partial charge in [0.05, 0.1) is 12.8 Å². The number of aromatic nitrogens is 2. The molecule has 2 aromatic carbocycles. The molecule has 0 spiro atoms. The van der Waals surface area contributed by atoms with Gasteiger partial charge in [-0.2, -0.15) is 0 Å². The number of amides is 1. The molecule has 0 atom stereocenters. The van der Waals surface area contributed by atoms with Crippen LogP contribution in [-0.2, 0) is 0 Å². The number of nitrogens with one attached hydrogen (secondary N) is 2. The summed E-state index contributed by atoms with van der Waals surface area (Å²) in [5.74, 6) is 1.43. The van der Waals surface area contributed by atoms with Crippen molar-refractivity contribution >= 4 is 23.2 Å². The topological polar surface area (TPSA) is 76.1 Å².